The van der Waals surface area contributed by atoms with Gasteiger partial charge in [-0.15, -0.1) is 0 Å². The molecule has 3 heterocycles. The van der Waals surface area contributed by atoms with Crippen molar-refractivity contribution in [2.45, 2.75) is 18.9 Å². The maximum atomic E-state index is 14.2. The molecule has 10 heteroatoms. The summed E-state index contributed by atoms with van der Waals surface area (Å²) in [5, 5.41) is 3.15. The lowest BCUT2D eigenvalue weighted by molar-refractivity contribution is -0.126. The number of nitrogens with one attached hydrogen (secondary N) is 2. The first-order valence-corrected chi connectivity index (χ1v) is 11.0. The van der Waals surface area contributed by atoms with Crippen LogP contribution in [0.4, 0.5) is 15.8 Å². The maximum absolute atomic E-state index is 14.2. The first-order valence-electron chi connectivity index (χ1n) is 11.0. The molecule has 0 radical (unpaired) electrons. The molecule has 1 atom stereocenters. The number of piperazine rings is 1. The zero-order chi connectivity index (χ0) is 23.1. The minimum absolute atomic E-state index is 0.00127. The Bertz CT molecular complexity index is 1290. The van der Waals surface area contributed by atoms with Crippen LogP contribution in [-0.4, -0.2) is 67.0 Å². The average Bonchev–Trinajstić information content (AvgIpc) is 3.51. The number of fused-ring (bicyclic) bond motifs is 1. The van der Waals surface area contributed by atoms with Gasteiger partial charge < -0.3 is 24.8 Å². The van der Waals surface area contributed by atoms with Gasteiger partial charge in [0.05, 0.1) is 11.7 Å². The summed E-state index contributed by atoms with van der Waals surface area (Å²) in [5.41, 5.74) is -0.0264. The maximum Gasteiger partial charge on any atom is 0.295 e. The molecular formula is C23H23FN4O5. The van der Waals surface area contributed by atoms with E-state index >= 15 is 0 Å². The van der Waals surface area contributed by atoms with Gasteiger partial charge in [-0.3, -0.25) is 19.2 Å². The second-order valence-corrected chi connectivity index (χ2v) is 8.37. The third kappa shape index (κ3) is 3.70. The van der Waals surface area contributed by atoms with Crippen LogP contribution in [0.25, 0.3) is 10.9 Å². The molecule has 2 saturated heterocycles. The summed E-state index contributed by atoms with van der Waals surface area (Å²) in [6.07, 6.45) is 3.26. The number of hydrogen-bond donors (Lipinski definition) is 2. The van der Waals surface area contributed by atoms with E-state index in [1.54, 1.807) is 11.0 Å². The van der Waals surface area contributed by atoms with E-state index in [-0.39, 0.29) is 30.1 Å². The summed E-state index contributed by atoms with van der Waals surface area (Å²) in [7, 11) is 0. The number of H-pyrrole nitrogens is 1. The van der Waals surface area contributed by atoms with Crippen LogP contribution < -0.4 is 21.1 Å². The molecule has 1 aromatic heterocycles. The topological polar surface area (TPSA) is 112 Å². The lowest BCUT2D eigenvalue weighted by Crippen LogP contribution is -2.54. The van der Waals surface area contributed by atoms with Crippen LogP contribution in [0.15, 0.2) is 34.0 Å². The molecule has 2 aromatic carbocycles. The van der Waals surface area contributed by atoms with Crippen molar-refractivity contribution in [2.24, 2.45) is 0 Å². The molecule has 2 aliphatic heterocycles. The molecule has 0 saturated carbocycles. The molecular weight excluding hydrogens is 431 g/mol. The normalized spacial score (nSPS) is 18.9. The highest BCUT2D eigenvalue weighted by molar-refractivity contribution is 6.44. The Balaban J connectivity index is 1.24. The second kappa shape index (κ2) is 8.43. The Kier molecular flexibility index (Phi) is 5.45. The molecule has 9 nitrogen and oxygen atoms in total. The van der Waals surface area contributed by atoms with Gasteiger partial charge in [0, 0.05) is 56.4 Å². The number of carbonyl (C=O) groups excluding carboxylic acids is 2. The highest BCUT2D eigenvalue weighted by atomic mass is 19.1. The van der Waals surface area contributed by atoms with Gasteiger partial charge in [-0.05, 0) is 25.0 Å². The monoisotopic (exact) mass is 454 g/mol. The Hall–Kier alpha value is -3.53. The zero-order valence-corrected chi connectivity index (χ0v) is 17.9. The molecule has 3 aromatic rings. The highest BCUT2D eigenvalue weighted by Crippen LogP contribution is 2.25. The molecule has 1 amide bonds. The van der Waals surface area contributed by atoms with E-state index in [2.05, 4.69) is 10.3 Å². The largest absolute Gasteiger partial charge is 0.377 e. The van der Waals surface area contributed by atoms with E-state index in [4.69, 9.17) is 4.74 Å². The van der Waals surface area contributed by atoms with E-state index in [1.807, 2.05) is 0 Å². The van der Waals surface area contributed by atoms with Gasteiger partial charge >= 0.3 is 0 Å². The van der Waals surface area contributed by atoms with E-state index in [0.29, 0.717) is 43.1 Å². The summed E-state index contributed by atoms with van der Waals surface area (Å²) >= 11 is 0. The van der Waals surface area contributed by atoms with E-state index in [9.17, 15) is 23.6 Å². The Morgan fingerprint density at radius 3 is 2.67 bits per heavy atom. The summed E-state index contributed by atoms with van der Waals surface area (Å²) in [6.45, 7) is 2.19. The molecule has 1 unspecified atom stereocenters. The van der Waals surface area contributed by atoms with Crippen LogP contribution in [0.2, 0.25) is 0 Å². The number of nitrogens with zero attached hydrogens (tertiary/aromatic N) is 2. The van der Waals surface area contributed by atoms with Crippen molar-refractivity contribution in [3.8, 4) is 0 Å². The quantitative estimate of drug-likeness (QED) is 0.423. The molecule has 5 rings (SSSR count). The number of amides is 1. The van der Waals surface area contributed by atoms with Gasteiger partial charge in [-0.1, -0.05) is 6.07 Å². The third-order valence-corrected chi connectivity index (χ3v) is 6.39. The molecule has 2 fully saturated rings. The van der Waals surface area contributed by atoms with Crippen molar-refractivity contribution in [3.05, 3.63) is 56.2 Å². The molecule has 2 N–H and O–H groups in total. The number of carbonyl (C=O) groups is 2. The Labute approximate surface area is 187 Å². The van der Waals surface area contributed by atoms with Gasteiger partial charge in [0.25, 0.3) is 22.5 Å². The number of hydrogen-bond acceptors (Lipinski definition) is 7. The minimum Gasteiger partial charge on any atom is -0.377 e. The van der Waals surface area contributed by atoms with Crippen molar-refractivity contribution in [2.75, 3.05) is 49.5 Å². The van der Waals surface area contributed by atoms with Crippen molar-refractivity contribution >= 4 is 34.0 Å². The number of Topliss-reactive ketones (excluding diaryl/α,β-unsaturated/α-hetero) is 1. The van der Waals surface area contributed by atoms with Crippen LogP contribution in [0, 0.1) is 5.82 Å². The van der Waals surface area contributed by atoms with E-state index in [1.165, 1.54) is 23.2 Å². The fourth-order valence-electron chi connectivity index (χ4n) is 4.58. The highest BCUT2D eigenvalue weighted by Gasteiger charge is 2.33. The molecule has 0 aliphatic carbocycles. The number of ether oxygens (including phenoxy) is 1. The smallest absolute Gasteiger partial charge is 0.295 e. The minimum atomic E-state index is -0.784. The average molecular weight is 454 g/mol. The van der Waals surface area contributed by atoms with E-state index in [0.717, 1.165) is 12.8 Å². The van der Waals surface area contributed by atoms with Gasteiger partial charge in [0.2, 0.25) is 0 Å². The van der Waals surface area contributed by atoms with Crippen molar-refractivity contribution in [1.82, 2.24) is 9.88 Å². The van der Waals surface area contributed by atoms with Crippen LogP contribution in [-0.2, 0) is 9.53 Å². The summed E-state index contributed by atoms with van der Waals surface area (Å²) in [5.74, 6) is -2.08. The number of aromatic amines is 1. The number of aromatic nitrogens is 1. The van der Waals surface area contributed by atoms with Crippen molar-refractivity contribution < 1.29 is 18.7 Å². The van der Waals surface area contributed by atoms with Crippen LogP contribution >= 0.6 is 0 Å². The number of halogens is 1. The fraction of sp³-hybridized carbons (Fsp3) is 0.391. The zero-order valence-electron chi connectivity index (χ0n) is 17.9. The molecule has 0 bridgehead atoms. The third-order valence-electron chi connectivity index (χ3n) is 6.39. The lowest BCUT2D eigenvalue weighted by Gasteiger charge is -2.36. The molecule has 0 spiro atoms. The van der Waals surface area contributed by atoms with Gasteiger partial charge in [-0.2, -0.15) is 0 Å². The number of rotatable bonds is 6. The first kappa shape index (κ1) is 21.3. The van der Waals surface area contributed by atoms with Gasteiger partial charge in [-0.25, -0.2) is 4.39 Å². The molecule has 33 heavy (non-hydrogen) atoms. The number of benzene rings is 1. The molecule has 2 aliphatic rings. The number of anilines is 2. The molecule has 172 valence electrons. The standard InChI is InChI=1S/C23H23FN4O5/c24-15-4-1-5-16-17(15)14(12-25-16)20(29)23(32)28-8-6-27(7-9-28)19-18(21(30)22(19)31)26-11-13-3-2-10-33-13/h1,4-5,12-13,25-26H,2-3,6-11H2. The second-order valence-electron chi connectivity index (χ2n) is 8.37. The lowest BCUT2D eigenvalue weighted by atomic mass is 10.1. The SMILES string of the molecule is O=C(C(=O)N1CCN(c2c(NCC3CCCO3)c(=O)c2=O)CC1)c1c[nH]c2cccc(F)c12. The van der Waals surface area contributed by atoms with Crippen molar-refractivity contribution in [1.29, 1.82) is 0 Å². The van der Waals surface area contributed by atoms with Crippen LogP contribution in [0.3, 0.4) is 0 Å². The van der Waals surface area contributed by atoms with Gasteiger partial charge in [0.1, 0.15) is 17.2 Å². The Morgan fingerprint density at radius 2 is 1.94 bits per heavy atom. The number of ketones is 1. The predicted octanol–water partition coefficient (Wildman–Crippen LogP) is 1.03. The summed E-state index contributed by atoms with van der Waals surface area (Å²) in [4.78, 5) is 55.8. The predicted molar refractivity (Wildman–Crippen MR) is 120 cm³/mol. The summed E-state index contributed by atoms with van der Waals surface area (Å²) < 4.78 is 19.8. The van der Waals surface area contributed by atoms with Crippen molar-refractivity contribution in [3.63, 3.8) is 0 Å². The van der Waals surface area contributed by atoms with Crippen LogP contribution in [0.1, 0.15) is 23.2 Å². The van der Waals surface area contributed by atoms with Crippen LogP contribution in [0.5, 0.6) is 0 Å². The van der Waals surface area contributed by atoms with Gasteiger partial charge in [0.15, 0.2) is 0 Å². The Morgan fingerprint density at radius 1 is 1.15 bits per heavy atom. The first-order chi connectivity index (χ1) is 16.0. The summed E-state index contributed by atoms with van der Waals surface area (Å²) in [6, 6.07) is 4.40. The fourth-order valence-corrected chi connectivity index (χ4v) is 4.58. The van der Waals surface area contributed by atoms with E-state index < -0.39 is 28.4 Å².